The maximum Gasteiger partial charge on any atom is 0.406 e. The largest absolute Gasteiger partial charge is 0.406 e. The van der Waals surface area contributed by atoms with Crippen LogP contribution in [0.2, 0.25) is 0 Å². The van der Waals surface area contributed by atoms with Gasteiger partial charge in [0.2, 0.25) is 0 Å². The third-order valence-electron chi connectivity index (χ3n) is 2.28. The Morgan fingerprint density at radius 3 is 2.56 bits per heavy atom. The maximum absolute atomic E-state index is 12.4. The second-order valence-electron chi connectivity index (χ2n) is 3.90. The number of carbonyl (C=O) groups excluding carboxylic acids is 1. The number of benzene rings is 1. The van der Waals surface area contributed by atoms with Crippen LogP contribution >= 0.6 is 15.9 Å². The Labute approximate surface area is 112 Å². The number of nitrogens with zero attached hydrogens (tertiary/aromatic N) is 1. The molecule has 1 aromatic rings. The van der Waals surface area contributed by atoms with Gasteiger partial charge in [0, 0.05) is 17.4 Å². The van der Waals surface area contributed by atoms with E-state index in [1.807, 2.05) is 0 Å². The lowest BCUT2D eigenvalue weighted by Gasteiger charge is -2.23. The van der Waals surface area contributed by atoms with E-state index in [9.17, 15) is 18.0 Å². The fourth-order valence-corrected chi connectivity index (χ4v) is 1.96. The molecule has 0 fully saturated rings. The van der Waals surface area contributed by atoms with Crippen molar-refractivity contribution in [3.05, 3.63) is 35.4 Å². The fourth-order valence-electron chi connectivity index (χ4n) is 1.53. The van der Waals surface area contributed by atoms with Gasteiger partial charge in [0.1, 0.15) is 6.54 Å². The summed E-state index contributed by atoms with van der Waals surface area (Å²) in [6.45, 7) is 0.576. The van der Waals surface area contributed by atoms with E-state index >= 15 is 0 Å². The molecule has 0 aliphatic carbocycles. The topological polar surface area (TPSA) is 20.3 Å². The van der Waals surface area contributed by atoms with E-state index in [1.165, 1.54) is 6.07 Å². The van der Waals surface area contributed by atoms with Crippen molar-refractivity contribution in [3.8, 4) is 0 Å². The van der Waals surface area contributed by atoms with Crippen LogP contribution in [0.25, 0.3) is 0 Å². The third-order valence-corrected chi connectivity index (χ3v) is 2.63. The van der Waals surface area contributed by atoms with Crippen LogP contribution in [0.1, 0.15) is 15.9 Å². The zero-order valence-corrected chi connectivity index (χ0v) is 11.4. The van der Waals surface area contributed by atoms with Crippen molar-refractivity contribution in [2.24, 2.45) is 0 Å². The van der Waals surface area contributed by atoms with Gasteiger partial charge >= 0.3 is 6.18 Å². The smallest absolute Gasteiger partial charge is 0.329 e. The molecule has 0 atom stereocenters. The first-order valence-corrected chi connectivity index (χ1v) is 6.44. The van der Waals surface area contributed by atoms with Crippen molar-refractivity contribution in [3.63, 3.8) is 0 Å². The predicted octanol–water partition coefficient (Wildman–Crippen LogP) is 3.39. The average Bonchev–Trinajstić information content (AvgIpc) is 2.26. The van der Waals surface area contributed by atoms with Gasteiger partial charge in [0.05, 0.1) is 0 Å². The van der Waals surface area contributed by atoms with Crippen LogP contribution in [0.3, 0.4) is 0 Å². The minimum atomic E-state index is -4.39. The summed E-state index contributed by atoms with van der Waals surface area (Å²) < 4.78 is 37.1. The Hall–Kier alpha value is -1.04. The van der Waals surface area contributed by atoms with Crippen LogP contribution in [0.15, 0.2) is 24.3 Å². The van der Waals surface area contributed by atoms with Gasteiger partial charge in [-0.3, -0.25) is 4.79 Å². The lowest BCUT2D eigenvalue weighted by Crippen LogP contribution is -2.40. The number of halogens is 4. The number of hydrogen-bond acceptors (Lipinski definition) is 1. The molecule has 0 heterocycles. The minimum Gasteiger partial charge on any atom is -0.329 e. The number of amides is 1. The second kappa shape index (κ2) is 6.22. The third kappa shape index (κ3) is 4.68. The van der Waals surface area contributed by atoms with E-state index in [-0.39, 0.29) is 12.1 Å². The van der Waals surface area contributed by atoms with Gasteiger partial charge in [-0.1, -0.05) is 33.6 Å². The molecular formula is C12H13BrF3NO. The molecule has 0 spiro atoms. The van der Waals surface area contributed by atoms with E-state index in [4.69, 9.17) is 0 Å². The van der Waals surface area contributed by atoms with Crippen LogP contribution < -0.4 is 0 Å². The molecule has 1 aromatic carbocycles. The molecule has 0 saturated carbocycles. The molecule has 0 radical (unpaired) electrons. The molecule has 0 aliphatic heterocycles. The van der Waals surface area contributed by atoms with Crippen LogP contribution in [-0.2, 0) is 0 Å². The minimum absolute atomic E-state index is 0.0201. The van der Waals surface area contributed by atoms with Crippen molar-refractivity contribution >= 4 is 21.8 Å². The van der Waals surface area contributed by atoms with Crippen LogP contribution in [0, 0.1) is 6.92 Å². The Balaban J connectivity index is 2.89. The summed E-state index contributed by atoms with van der Waals surface area (Å²) in [6, 6.07) is 6.55. The molecule has 0 aliphatic rings. The van der Waals surface area contributed by atoms with Gasteiger partial charge in [0.15, 0.2) is 0 Å². The Morgan fingerprint density at radius 1 is 1.39 bits per heavy atom. The zero-order chi connectivity index (χ0) is 13.8. The molecule has 18 heavy (non-hydrogen) atoms. The molecular weight excluding hydrogens is 311 g/mol. The Bertz CT molecular complexity index is 420. The summed E-state index contributed by atoms with van der Waals surface area (Å²) in [5.74, 6) is -0.601. The number of hydrogen-bond donors (Lipinski definition) is 0. The number of aryl methyl sites for hydroxylation is 1. The molecule has 0 unspecified atom stereocenters. The van der Waals surface area contributed by atoms with E-state index in [1.54, 1.807) is 25.1 Å². The van der Waals surface area contributed by atoms with Crippen LogP contribution in [0.5, 0.6) is 0 Å². The van der Waals surface area contributed by atoms with Crippen molar-refractivity contribution in [1.82, 2.24) is 4.90 Å². The molecule has 0 aromatic heterocycles. The molecule has 0 saturated heterocycles. The summed E-state index contributed by atoms with van der Waals surface area (Å²) in [4.78, 5) is 12.8. The molecule has 2 nitrogen and oxygen atoms in total. The predicted molar refractivity (Wildman–Crippen MR) is 66.9 cm³/mol. The number of carbonyl (C=O) groups is 1. The van der Waals surface area contributed by atoms with Crippen molar-refractivity contribution in [1.29, 1.82) is 0 Å². The lowest BCUT2D eigenvalue weighted by atomic mass is 10.1. The van der Waals surface area contributed by atoms with Gasteiger partial charge in [0.25, 0.3) is 5.91 Å². The summed E-state index contributed by atoms with van der Waals surface area (Å²) in [5, 5.41) is 0.306. The molecule has 0 N–H and O–H groups in total. The lowest BCUT2D eigenvalue weighted by molar-refractivity contribution is -0.140. The first-order valence-electron chi connectivity index (χ1n) is 5.32. The first kappa shape index (κ1) is 15.0. The quantitative estimate of drug-likeness (QED) is 0.778. The molecule has 0 bridgehead atoms. The number of alkyl halides is 4. The van der Waals surface area contributed by atoms with E-state index in [0.717, 1.165) is 10.5 Å². The highest BCUT2D eigenvalue weighted by atomic mass is 79.9. The molecule has 1 amide bonds. The van der Waals surface area contributed by atoms with Gasteiger partial charge < -0.3 is 4.90 Å². The van der Waals surface area contributed by atoms with Gasteiger partial charge in [-0.2, -0.15) is 13.2 Å². The second-order valence-corrected chi connectivity index (χ2v) is 4.69. The Morgan fingerprint density at radius 2 is 2.06 bits per heavy atom. The van der Waals surface area contributed by atoms with Gasteiger partial charge in [-0.05, 0) is 19.1 Å². The van der Waals surface area contributed by atoms with E-state index in [0.29, 0.717) is 5.33 Å². The van der Waals surface area contributed by atoms with E-state index < -0.39 is 18.6 Å². The molecule has 6 heteroatoms. The number of rotatable bonds is 4. The van der Waals surface area contributed by atoms with Crippen molar-refractivity contribution in [2.45, 2.75) is 13.1 Å². The highest BCUT2D eigenvalue weighted by Gasteiger charge is 2.33. The highest BCUT2D eigenvalue weighted by molar-refractivity contribution is 9.09. The highest BCUT2D eigenvalue weighted by Crippen LogP contribution is 2.18. The summed E-state index contributed by atoms with van der Waals surface area (Å²) >= 11 is 3.05. The van der Waals surface area contributed by atoms with Gasteiger partial charge in [-0.15, -0.1) is 0 Å². The first-order chi connectivity index (χ1) is 8.33. The van der Waals surface area contributed by atoms with Crippen molar-refractivity contribution < 1.29 is 18.0 Å². The normalized spacial score (nSPS) is 11.4. The van der Waals surface area contributed by atoms with Crippen molar-refractivity contribution in [2.75, 3.05) is 18.4 Å². The maximum atomic E-state index is 12.4. The standard InChI is InChI=1S/C12H13BrF3NO/c1-9-3-2-4-10(7-9)11(18)17(6-5-13)8-12(14,15)16/h2-4,7H,5-6,8H2,1H3. The zero-order valence-electron chi connectivity index (χ0n) is 9.80. The Kier molecular flexibility index (Phi) is 5.19. The fraction of sp³-hybridized carbons (Fsp3) is 0.417. The monoisotopic (exact) mass is 323 g/mol. The summed E-state index contributed by atoms with van der Waals surface area (Å²) in [6.07, 6.45) is -4.39. The van der Waals surface area contributed by atoms with Crippen LogP contribution in [-0.4, -0.2) is 35.4 Å². The average molecular weight is 324 g/mol. The molecule has 1 rings (SSSR count). The molecule has 100 valence electrons. The van der Waals surface area contributed by atoms with Crippen LogP contribution in [0.4, 0.5) is 13.2 Å². The summed E-state index contributed by atoms with van der Waals surface area (Å²) in [5.41, 5.74) is 1.12. The SMILES string of the molecule is Cc1cccc(C(=O)N(CCBr)CC(F)(F)F)c1. The van der Waals surface area contributed by atoms with E-state index in [2.05, 4.69) is 15.9 Å². The van der Waals surface area contributed by atoms with Gasteiger partial charge in [-0.25, -0.2) is 0 Å². The summed E-state index contributed by atoms with van der Waals surface area (Å²) in [7, 11) is 0.